The molecule has 1 fully saturated rings. The van der Waals surface area contributed by atoms with Crippen LogP contribution in [0.25, 0.3) is 0 Å². The average molecular weight is 426 g/mol. The first-order valence-corrected chi connectivity index (χ1v) is 11.8. The van der Waals surface area contributed by atoms with Gasteiger partial charge in [0.15, 0.2) is 0 Å². The Bertz CT molecular complexity index is 751. The molecule has 2 aliphatic rings. The van der Waals surface area contributed by atoms with Crippen LogP contribution in [0.4, 0.5) is 0 Å². The van der Waals surface area contributed by atoms with Crippen LogP contribution in [0, 0.1) is 5.92 Å². The molecule has 1 aromatic carbocycles. The van der Waals surface area contributed by atoms with Gasteiger partial charge in [-0.25, -0.2) is 0 Å². The normalized spacial score (nSPS) is 18.6. The highest BCUT2D eigenvalue weighted by Gasteiger charge is 2.32. The summed E-state index contributed by atoms with van der Waals surface area (Å²) in [5.41, 5.74) is 2.59. The van der Waals surface area contributed by atoms with E-state index in [0.717, 1.165) is 45.2 Å². The Hall–Kier alpha value is -2.14. The zero-order valence-corrected chi connectivity index (χ0v) is 19.6. The van der Waals surface area contributed by atoms with E-state index in [1.807, 2.05) is 41.9 Å². The summed E-state index contributed by atoms with van der Waals surface area (Å²) in [7, 11) is 5.82. The average Bonchev–Trinajstić information content (AvgIpc) is 2.78. The molecule has 1 aromatic rings. The largest absolute Gasteiger partial charge is 0.342 e. The summed E-state index contributed by atoms with van der Waals surface area (Å²) in [5, 5.41) is 0. The van der Waals surface area contributed by atoms with Crippen molar-refractivity contribution in [3.63, 3.8) is 0 Å². The topological polar surface area (TPSA) is 43.9 Å². The second-order valence-corrected chi connectivity index (χ2v) is 9.50. The maximum atomic E-state index is 12.8. The summed E-state index contributed by atoms with van der Waals surface area (Å²) in [5.74, 6) is 0.853. The lowest BCUT2D eigenvalue weighted by atomic mass is 9.84. The fourth-order valence-electron chi connectivity index (χ4n) is 4.95. The third-order valence-corrected chi connectivity index (χ3v) is 6.83. The molecule has 5 nitrogen and oxygen atoms in total. The van der Waals surface area contributed by atoms with E-state index in [-0.39, 0.29) is 17.9 Å². The Morgan fingerprint density at radius 2 is 1.77 bits per heavy atom. The molecule has 0 spiro atoms. The molecule has 1 atom stereocenters. The molecular weight excluding hydrogens is 386 g/mol. The van der Waals surface area contributed by atoms with Gasteiger partial charge >= 0.3 is 0 Å². The van der Waals surface area contributed by atoms with Crippen LogP contribution in [-0.2, 0) is 16.0 Å². The van der Waals surface area contributed by atoms with Gasteiger partial charge in [0, 0.05) is 32.6 Å². The standard InChI is InChI=1S/C26H39N3O2/c1-27(2)20-26(31)28(3)24(18-21-10-6-4-7-11-21)23-14-16-29(17-15-23)25(30)19-22-12-8-5-9-13-22/h4,6-7,10-12,23-24H,5,8-9,13-20H2,1-3H3/t24-/m1/s1. The van der Waals surface area contributed by atoms with Crippen molar-refractivity contribution < 1.29 is 9.59 Å². The zero-order chi connectivity index (χ0) is 22.2. The molecule has 1 aliphatic heterocycles. The summed E-state index contributed by atoms with van der Waals surface area (Å²) in [6, 6.07) is 10.6. The van der Waals surface area contributed by atoms with Gasteiger partial charge < -0.3 is 14.7 Å². The highest BCUT2D eigenvalue weighted by atomic mass is 16.2. The van der Waals surface area contributed by atoms with Crippen LogP contribution >= 0.6 is 0 Å². The van der Waals surface area contributed by atoms with Gasteiger partial charge in [0.1, 0.15) is 0 Å². The smallest absolute Gasteiger partial charge is 0.236 e. The molecule has 0 saturated carbocycles. The number of likely N-dealkylation sites (N-methyl/N-ethyl adjacent to an activating group) is 2. The summed E-state index contributed by atoms with van der Waals surface area (Å²) >= 11 is 0. The van der Waals surface area contributed by atoms with E-state index in [1.165, 1.54) is 24.0 Å². The number of amides is 2. The highest BCUT2D eigenvalue weighted by molar-refractivity contribution is 5.79. The summed E-state index contributed by atoms with van der Waals surface area (Å²) < 4.78 is 0. The van der Waals surface area contributed by atoms with Gasteiger partial charge in [-0.1, -0.05) is 42.0 Å². The molecule has 0 N–H and O–H groups in total. The monoisotopic (exact) mass is 425 g/mol. The quantitative estimate of drug-likeness (QED) is 0.596. The molecule has 5 heteroatoms. The zero-order valence-electron chi connectivity index (χ0n) is 19.6. The van der Waals surface area contributed by atoms with Crippen molar-refractivity contribution in [3.8, 4) is 0 Å². The van der Waals surface area contributed by atoms with Crippen molar-refractivity contribution in [3.05, 3.63) is 47.5 Å². The highest BCUT2D eigenvalue weighted by Crippen LogP contribution is 2.28. The number of nitrogens with zero attached hydrogens (tertiary/aromatic N) is 3. The summed E-state index contributed by atoms with van der Waals surface area (Å²) in [6.45, 7) is 2.03. The van der Waals surface area contributed by atoms with Gasteiger partial charge in [-0.3, -0.25) is 9.59 Å². The van der Waals surface area contributed by atoms with E-state index in [1.54, 1.807) is 0 Å². The first-order chi connectivity index (χ1) is 14.9. The number of hydrogen-bond donors (Lipinski definition) is 0. The number of benzene rings is 1. The number of hydrogen-bond acceptors (Lipinski definition) is 3. The molecule has 170 valence electrons. The maximum Gasteiger partial charge on any atom is 0.236 e. The number of carbonyl (C=O) groups excluding carboxylic acids is 2. The Morgan fingerprint density at radius 1 is 1.06 bits per heavy atom. The minimum atomic E-state index is 0.160. The Kier molecular flexibility index (Phi) is 8.70. The molecule has 2 amide bonds. The lowest BCUT2D eigenvalue weighted by Gasteiger charge is -2.40. The van der Waals surface area contributed by atoms with Crippen LogP contribution in [0.5, 0.6) is 0 Å². The third kappa shape index (κ3) is 6.93. The van der Waals surface area contributed by atoms with Crippen LogP contribution in [-0.4, -0.2) is 73.3 Å². The van der Waals surface area contributed by atoms with Crippen LogP contribution in [0.15, 0.2) is 42.0 Å². The molecule has 3 rings (SSSR count). The molecular formula is C26H39N3O2. The van der Waals surface area contributed by atoms with Crippen LogP contribution in [0.1, 0.15) is 50.5 Å². The first kappa shape index (κ1) is 23.5. The van der Waals surface area contributed by atoms with Crippen LogP contribution in [0.3, 0.4) is 0 Å². The van der Waals surface area contributed by atoms with Crippen molar-refractivity contribution in [2.75, 3.05) is 40.8 Å². The number of allylic oxidation sites excluding steroid dienone is 1. The fraction of sp³-hybridized carbons (Fsp3) is 0.615. The lowest BCUT2D eigenvalue weighted by Crippen LogP contribution is -2.50. The Morgan fingerprint density at radius 3 is 2.39 bits per heavy atom. The van der Waals surface area contributed by atoms with Crippen molar-refractivity contribution in [1.29, 1.82) is 0 Å². The number of rotatable bonds is 8. The van der Waals surface area contributed by atoms with Crippen molar-refractivity contribution in [2.24, 2.45) is 5.92 Å². The fourth-order valence-corrected chi connectivity index (χ4v) is 4.95. The van der Waals surface area contributed by atoms with Crippen molar-refractivity contribution >= 4 is 11.8 Å². The predicted molar refractivity (Wildman–Crippen MR) is 126 cm³/mol. The maximum absolute atomic E-state index is 12.8. The SMILES string of the molecule is CN(C)CC(=O)N(C)[C@H](Cc1ccccc1)C1CCN(C(=O)CC2=CCCCC2)CC1. The van der Waals surface area contributed by atoms with Crippen LogP contribution in [0.2, 0.25) is 0 Å². The molecule has 0 aromatic heterocycles. The second kappa shape index (κ2) is 11.5. The molecule has 0 radical (unpaired) electrons. The Labute approximate surface area is 188 Å². The number of carbonyl (C=O) groups is 2. The predicted octanol–water partition coefficient (Wildman–Crippen LogP) is 3.75. The minimum Gasteiger partial charge on any atom is -0.342 e. The molecule has 31 heavy (non-hydrogen) atoms. The van der Waals surface area contributed by atoms with Gasteiger partial charge in [-0.15, -0.1) is 0 Å². The summed E-state index contributed by atoms with van der Waals surface area (Å²) in [6.07, 6.45) is 10.3. The van der Waals surface area contributed by atoms with E-state index in [0.29, 0.717) is 18.9 Å². The molecule has 0 bridgehead atoms. The van der Waals surface area contributed by atoms with Gasteiger partial charge in [0.25, 0.3) is 0 Å². The minimum absolute atomic E-state index is 0.160. The molecule has 0 unspecified atom stereocenters. The second-order valence-electron chi connectivity index (χ2n) is 9.50. The van der Waals surface area contributed by atoms with Crippen molar-refractivity contribution in [1.82, 2.24) is 14.7 Å². The Balaban J connectivity index is 1.62. The molecule has 1 saturated heterocycles. The molecule has 1 aliphatic carbocycles. The van der Waals surface area contributed by atoms with Crippen LogP contribution < -0.4 is 0 Å². The number of piperidine rings is 1. The van der Waals surface area contributed by atoms with Gasteiger partial charge in [0.05, 0.1) is 6.54 Å². The van der Waals surface area contributed by atoms with E-state index < -0.39 is 0 Å². The van der Waals surface area contributed by atoms with E-state index in [4.69, 9.17) is 0 Å². The summed E-state index contributed by atoms with van der Waals surface area (Å²) in [4.78, 5) is 31.6. The third-order valence-electron chi connectivity index (χ3n) is 6.83. The number of likely N-dealkylation sites (tertiary alicyclic amines) is 1. The first-order valence-electron chi connectivity index (χ1n) is 11.8. The van der Waals surface area contributed by atoms with E-state index >= 15 is 0 Å². The van der Waals surface area contributed by atoms with Crippen molar-refractivity contribution in [2.45, 2.75) is 57.4 Å². The van der Waals surface area contributed by atoms with E-state index in [9.17, 15) is 9.59 Å². The van der Waals surface area contributed by atoms with Gasteiger partial charge in [0.2, 0.25) is 11.8 Å². The van der Waals surface area contributed by atoms with Gasteiger partial charge in [-0.2, -0.15) is 0 Å². The van der Waals surface area contributed by atoms with E-state index in [2.05, 4.69) is 30.3 Å². The van der Waals surface area contributed by atoms with Gasteiger partial charge in [-0.05, 0) is 70.5 Å². The molecule has 1 heterocycles. The lowest BCUT2D eigenvalue weighted by molar-refractivity contribution is -0.136.